The summed E-state index contributed by atoms with van der Waals surface area (Å²) in [5, 5.41) is 8.21. The number of hydrogen-bond donors (Lipinski definition) is 1. The third kappa shape index (κ3) is 4.75. The number of carbonyl (C=O) groups is 1. The molecule has 0 unspecified atom stereocenters. The van der Waals surface area contributed by atoms with Crippen molar-refractivity contribution in [2.24, 2.45) is 0 Å². The van der Waals surface area contributed by atoms with E-state index in [0.29, 0.717) is 38.9 Å². The Morgan fingerprint density at radius 3 is 2.77 bits per heavy atom. The molecular weight excluding hydrogens is 395 g/mol. The number of nitrogens with zero attached hydrogens (tertiary/aromatic N) is 3. The molecule has 0 fully saturated rings. The Kier molecular flexibility index (Phi) is 6.13. The number of thioether (sulfide) groups is 1. The number of rotatable bonds is 6. The van der Waals surface area contributed by atoms with E-state index in [1.54, 1.807) is 30.5 Å². The molecule has 0 bridgehead atoms. The lowest BCUT2D eigenvalue weighted by Gasteiger charge is -2.07. The van der Waals surface area contributed by atoms with Gasteiger partial charge in [0.05, 0.1) is 27.1 Å². The number of hydrogen-bond acceptors (Lipinski definition) is 6. The molecule has 134 valence electrons. The molecule has 26 heavy (non-hydrogen) atoms. The summed E-state index contributed by atoms with van der Waals surface area (Å²) in [7, 11) is 0. The second kappa shape index (κ2) is 8.53. The summed E-state index contributed by atoms with van der Waals surface area (Å²) < 4.78 is 5.17. The topological polar surface area (TPSA) is 80.9 Å². The van der Waals surface area contributed by atoms with Crippen molar-refractivity contribution >= 4 is 46.6 Å². The Morgan fingerprint density at radius 1 is 1.27 bits per heavy atom. The van der Waals surface area contributed by atoms with Gasteiger partial charge in [0.1, 0.15) is 0 Å². The standard InChI is InChI=1S/C17H14Cl2N4O2S/c1-2-14-22-17(25-23-14)10-3-6-16(20-8-10)26-9-15(24)21-13-5-4-11(18)7-12(13)19/h3-8H,2,9H2,1H3,(H,21,24). The van der Waals surface area contributed by atoms with Crippen LogP contribution in [0.2, 0.25) is 10.0 Å². The van der Waals surface area contributed by atoms with Gasteiger partial charge in [-0.2, -0.15) is 4.98 Å². The summed E-state index contributed by atoms with van der Waals surface area (Å²) in [4.78, 5) is 20.6. The van der Waals surface area contributed by atoms with E-state index in [0.717, 1.165) is 5.56 Å². The molecule has 6 nitrogen and oxygen atoms in total. The van der Waals surface area contributed by atoms with Crippen molar-refractivity contribution in [3.8, 4) is 11.5 Å². The second-order valence-electron chi connectivity index (χ2n) is 5.22. The minimum atomic E-state index is -0.186. The SMILES string of the molecule is CCc1noc(-c2ccc(SCC(=O)Nc3ccc(Cl)cc3Cl)nc2)n1. The Bertz CT molecular complexity index is 915. The van der Waals surface area contributed by atoms with E-state index in [1.165, 1.54) is 11.8 Å². The van der Waals surface area contributed by atoms with Gasteiger partial charge in [0.15, 0.2) is 5.82 Å². The predicted octanol–water partition coefficient (Wildman–Crippen LogP) is 4.73. The first kappa shape index (κ1) is 18.7. The number of aromatic nitrogens is 3. The van der Waals surface area contributed by atoms with Crippen molar-refractivity contribution in [2.75, 3.05) is 11.1 Å². The molecule has 2 aromatic heterocycles. The van der Waals surface area contributed by atoms with Crippen LogP contribution in [0.3, 0.4) is 0 Å². The highest BCUT2D eigenvalue weighted by atomic mass is 35.5. The van der Waals surface area contributed by atoms with Gasteiger partial charge in [-0.15, -0.1) is 0 Å². The highest BCUT2D eigenvalue weighted by molar-refractivity contribution is 7.99. The van der Waals surface area contributed by atoms with Gasteiger partial charge < -0.3 is 9.84 Å². The van der Waals surface area contributed by atoms with Gasteiger partial charge in [-0.1, -0.05) is 47.0 Å². The molecular formula is C17H14Cl2N4O2S. The fraction of sp³-hybridized carbons (Fsp3) is 0.176. The molecule has 9 heteroatoms. The van der Waals surface area contributed by atoms with E-state index in [9.17, 15) is 4.79 Å². The maximum absolute atomic E-state index is 12.1. The molecule has 1 aromatic carbocycles. The minimum Gasteiger partial charge on any atom is -0.334 e. The van der Waals surface area contributed by atoms with Gasteiger partial charge in [0.2, 0.25) is 5.91 Å². The van der Waals surface area contributed by atoms with Gasteiger partial charge in [0, 0.05) is 17.6 Å². The number of pyridine rings is 1. The number of halogens is 2. The third-order valence-corrected chi connectivity index (χ3v) is 4.82. The number of anilines is 1. The van der Waals surface area contributed by atoms with Crippen molar-refractivity contribution < 1.29 is 9.32 Å². The third-order valence-electron chi connectivity index (χ3n) is 3.32. The molecule has 0 aliphatic carbocycles. The predicted molar refractivity (Wildman–Crippen MR) is 103 cm³/mol. The van der Waals surface area contributed by atoms with Crippen LogP contribution in [0.1, 0.15) is 12.7 Å². The number of carbonyl (C=O) groups excluding carboxylic acids is 1. The van der Waals surface area contributed by atoms with Crippen molar-refractivity contribution in [3.05, 3.63) is 52.4 Å². The Labute approximate surface area is 164 Å². The quantitative estimate of drug-likeness (QED) is 0.593. The van der Waals surface area contributed by atoms with Crippen LogP contribution in [0.5, 0.6) is 0 Å². The van der Waals surface area contributed by atoms with Gasteiger partial charge in [-0.05, 0) is 30.3 Å². The molecule has 0 atom stereocenters. The van der Waals surface area contributed by atoms with Crippen LogP contribution in [0.4, 0.5) is 5.69 Å². The zero-order valence-electron chi connectivity index (χ0n) is 13.7. The molecule has 3 rings (SSSR count). The van der Waals surface area contributed by atoms with E-state index >= 15 is 0 Å². The molecule has 0 aliphatic heterocycles. The monoisotopic (exact) mass is 408 g/mol. The average Bonchev–Trinajstić information content (AvgIpc) is 3.12. The number of nitrogens with one attached hydrogen (secondary N) is 1. The van der Waals surface area contributed by atoms with Gasteiger partial charge in [-0.25, -0.2) is 4.98 Å². The lowest BCUT2D eigenvalue weighted by Crippen LogP contribution is -2.14. The van der Waals surface area contributed by atoms with E-state index in [4.69, 9.17) is 27.7 Å². The number of aryl methyl sites for hydroxylation is 1. The number of benzene rings is 1. The van der Waals surface area contributed by atoms with Crippen molar-refractivity contribution in [3.63, 3.8) is 0 Å². The summed E-state index contributed by atoms with van der Waals surface area (Å²) in [5.41, 5.74) is 1.26. The summed E-state index contributed by atoms with van der Waals surface area (Å²) >= 11 is 13.2. The Balaban J connectivity index is 1.56. The van der Waals surface area contributed by atoms with Gasteiger partial charge >= 0.3 is 0 Å². The molecule has 0 saturated heterocycles. The Morgan fingerprint density at radius 2 is 2.12 bits per heavy atom. The summed E-state index contributed by atoms with van der Waals surface area (Å²) in [5.74, 6) is 1.10. The van der Waals surface area contributed by atoms with Crippen LogP contribution in [0, 0.1) is 0 Å². The van der Waals surface area contributed by atoms with E-state index in [-0.39, 0.29) is 11.7 Å². The number of amides is 1. The molecule has 0 radical (unpaired) electrons. The molecule has 0 aliphatic rings. The van der Waals surface area contributed by atoms with Crippen LogP contribution in [-0.2, 0) is 11.2 Å². The highest BCUT2D eigenvalue weighted by Crippen LogP contribution is 2.26. The molecule has 1 N–H and O–H groups in total. The van der Waals surface area contributed by atoms with Crippen LogP contribution >= 0.6 is 35.0 Å². The fourth-order valence-electron chi connectivity index (χ4n) is 2.02. The van der Waals surface area contributed by atoms with Crippen LogP contribution < -0.4 is 5.32 Å². The van der Waals surface area contributed by atoms with Crippen molar-refractivity contribution in [2.45, 2.75) is 18.4 Å². The van der Waals surface area contributed by atoms with Gasteiger partial charge in [0.25, 0.3) is 5.89 Å². The largest absolute Gasteiger partial charge is 0.334 e. The maximum atomic E-state index is 12.1. The minimum absolute atomic E-state index is 0.186. The normalized spacial score (nSPS) is 10.7. The zero-order valence-corrected chi connectivity index (χ0v) is 16.0. The second-order valence-corrected chi connectivity index (χ2v) is 7.05. The first-order chi connectivity index (χ1) is 12.5. The highest BCUT2D eigenvalue weighted by Gasteiger charge is 2.10. The molecule has 2 heterocycles. The first-order valence-electron chi connectivity index (χ1n) is 7.72. The van der Waals surface area contributed by atoms with Crippen molar-refractivity contribution in [1.29, 1.82) is 0 Å². The van der Waals surface area contributed by atoms with Gasteiger partial charge in [-0.3, -0.25) is 4.79 Å². The van der Waals surface area contributed by atoms with E-state index in [1.807, 2.05) is 13.0 Å². The molecule has 0 saturated carbocycles. The summed E-state index contributed by atoms with van der Waals surface area (Å²) in [6.07, 6.45) is 2.35. The Hall–Kier alpha value is -2.09. The lowest BCUT2D eigenvalue weighted by atomic mass is 10.3. The first-order valence-corrected chi connectivity index (χ1v) is 9.46. The van der Waals surface area contributed by atoms with Crippen molar-refractivity contribution in [1.82, 2.24) is 15.1 Å². The average molecular weight is 409 g/mol. The maximum Gasteiger partial charge on any atom is 0.259 e. The van der Waals surface area contributed by atoms with E-state index < -0.39 is 0 Å². The summed E-state index contributed by atoms with van der Waals surface area (Å²) in [6, 6.07) is 8.54. The smallest absolute Gasteiger partial charge is 0.259 e. The molecule has 0 spiro atoms. The molecule has 3 aromatic rings. The summed E-state index contributed by atoms with van der Waals surface area (Å²) in [6.45, 7) is 1.95. The van der Waals surface area contributed by atoms with E-state index in [2.05, 4.69) is 20.4 Å². The van der Waals surface area contributed by atoms with Crippen LogP contribution in [0.25, 0.3) is 11.5 Å². The lowest BCUT2D eigenvalue weighted by molar-refractivity contribution is -0.113. The molecule has 1 amide bonds. The van der Waals surface area contributed by atoms with Crippen LogP contribution in [0.15, 0.2) is 46.1 Å². The fourth-order valence-corrected chi connectivity index (χ4v) is 3.12. The van der Waals surface area contributed by atoms with Crippen LogP contribution in [-0.4, -0.2) is 26.8 Å². The zero-order chi connectivity index (χ0) is 18.5.